The largest absolute Gasteiger partial charge is 0.384 e. The Morgan fingerprint density at radius 3 is 1.48 bits per heavy atom. The molecule has 0 aliphatic carbocycles. The zero-order valence-corrected chi connectivity index (χ0v) is 56.8. The Labute approximate surface area is 491 Å². The molecule has 0 radical (unpaired) electrons. The Morgan fingerprint density at radius 2 is 1.11 bits per heavy atom. The molecule has 0 aliphatic rings. The quantitative estimate of drug-likeness (QED) is 0.0381. The monoisotopic (exact) mass is 1190 g/mol. The van der Waals surface area contributed by atoms with E-state index in [4.69, 9.17) is 68.0 Å². The minimum Gasteiger partial charge on any atom is -0.384 e. The lowest BCUT2D eigenvalue weighted by molar-refractivity contribution is -0.0476. The van der Waals surface area contributed by atoms with E-state index in [1.807, 2.05) is 6.92 Å². The molecule has 5 unspecified atom stereocenters. The van der Waals surface area contributed by atoms with Crippen LogP contribution in [0.15, 0.2) is 48.6 Å². The van der Waals surface area contributed by atoms with Crippen molar-refractivity contribution in [1.82, 2.24) is 0 Å². The van der Waals surface area contributed by atoms with Gasteiger partial charge < -0.3 is 33.2 Å². The number of benzene rings is 1. The Kier molecular flexibility index (Phi) is 60.6. The van der Waals surface area contributed by atoms with Gasteiger partial charge in [0.05, 0.1) is 59.5 Å². The van der Waals surface area contributed by atoms with E-state index < -0.39 is 0 Å². The topological polar surface area (TPSA) is 64.6 Å². The summed E-state index contributed by atoms with van der Waals surface area (Å²) >= 11 is 20.2. The van der Waals surface area contributed by atoms with Crippen LogP contribution in [0.2, 0.25) is 0 Å². The van der Waals surface area contributed by atoms with E-state index in [-0.39, 0.29) is 6.10 Å². The van der Waals surface area contributed by atoms with E-state index >= 15 is 0 Å². The first-order valence-electron chi connectivity index (χ1n) is 28.5. The van der Waals surface area contributed by atoms with Crippen molar-refractivity contribution in [2.75, 3.05) is 105 Å². The molecule has 75 heavy (non-hydrogen) atoms. The van der Waals surface area contributed by atoms with Crippen LogP contribution in [0.25, 0.3) is 0 Å². The van der Waals surface area contributed by atoms with Crippen LogP contribution in [0, 0.1) is 39.4 Å². The standard InChI is InChI=1S/C16H25Br.C13H25ClO4.C12H26.C11H22.C7H15ClO2.C5H11ClO/c1-5-6-15(11-16(2,3)4)14-9-7-13(12-17)8-10-14;1-4-5-16-10-13(15-3)11-18-7-6-17-9-12(2)8-14;1-7-8-12(5,6)10-9-11(2,3)4;1-6-10(3)8-9-11(4,5)7-2;1-7(5-8)6-10-4-3-9-2;1-5(3-6)4-7-2/h7-10,15H,5-6,11-12H2,1-4H3;4,12-13H,1,5-11H2,2-3H3;7-10H2,1-6H3;8H,6-7,9H2,1-5H3;7H,3-6H2,1-2H3;5H,3-4H2,1-2H3. The summed E-state index contributed by atoms with van der Waals surface area (Å²) in [5.74, 6) is 3.99. The summed E-state index contributed by atoms with van der Waals surface area (Å²) in [5, 5.41) is 0.949. The molecule has 0 saturated carbocycles. The Bertz CT molecular complexity index is 1360. The number of halogens is 4. The molecule has 0 spiro atoms. The molecule has 1 rings (SSSR count). The second-order valence-electron chi connectivity index (χ2n) is 24.4. The summed E-state index contributed by atoms with van der Waals surface area (Å²) in [6, 6.07) is 9.11. The molecule has 450 valence electrons. The average Bonchev–Trinajstić information content (AvgIpc) is 3.37. The molecule has 0 amide bonds. The van der Waals surface area contributed by atoms with Crippen molar-refractivity contribution < 1.29 is 33.2 Å². The molecular formula is C64H124BrCl3O7. The van der Waals surface area contributed by atoms with Crippen molar-refractivity contribution in [1.29, 1.82) is 0 Å². The van der Waals surface area contributed by atoms with Gasteiger partial charge in [-0.05, 0) is 108 Å². The second kappa shape index (κ2) is 54.4. The number of hydrogen-bond acceptors (Lipinski definition) is 7. The SMILES string of the molecule is C=CCOCC(COCCOCC(C)CCl)OC.CCC(C)=CCC(C)(C)CC.CCCC(C)(C)CCC(C)(C)C.CCCC(CC(C)(C)C)c1ccc(CBr)cc1.COCC(C)CCl.COCCOCC(C)CCl. The molecule has 1 aromatic rings. The highest BCUT2D eigenvalue weighted by Crippen LogP contribution is 2.35. The lowest BCUT2D eigenvalue weighted by atomic mass is 9.78. The van der Waals surface area contributed by atoms with Gasteiger partial charge in [0.15, 0.2) is 0 Å². The molecule has 0 bridgehead atoms. The number of ether oxygens (including phenoxy) is 7. The number of alkyl halides is 4. The molecule has 5 atom stereocenters. The fraction of sp³-hybridized carbons (Fsp3) is 0.844. The number of hydrogen-bond donors (Lipinski definition) is 0. The molecule has 1 aromatic carbocycles. The number of methoxy groups -OCH3 is 3. The maximum atomic E-state index is 5.66. The van der Waals surface area contributed by atoms with E-state index in [0.29, 0.717) is 116 Å². The van der Waals surface area contributed by atoms with E-state index in [1.54, 1.807) is 27.4 Å². The van der Waals surface area contributed by atoms with Crippen molar-refractivity contribution in [2.24, 2.45) is 39.4 Å². The van der Waals surface area contributed by atoms with Crippen molar-refractivity contribution in [2.45, 2.75) is 206 Å². The summed E-state index contributed by atoms with van der Waals surface area (Å²) in [6.45, 7) is 50.6. The first-order valence-corrected chi connectivity index (χ1v) is 31.2. The van der Waals surface area contributed by atoms with Gasteiger partial charge in [-0.3, -0.25) is 0 Å². The summed E-state index contributed by atoms with van der Waals surface area (Å²) in [5.41, 5.74) is 6.36. The van der Waals surface area contributed by atoms with Gasteiger partial charge in [0.2, 0.25) is 0 Å². The molecule has 11 heteroatoms. The molecule has 0 aromatic heterocycles. The molecule has 0 saturated heterocycles. The average molecular weight is 1190 g/mol. The molecule has 7 nitrogen and oxygen atoms in total. The Hall–Kier alpha value is -0.230. The van der Waals surface area contributed by atoms with Crippen LogP contribution in [-0.4, -0.2) is 111 Å². The highest BCUT2D eigenvalue weighted by molar-refractivity contribution is 9.08. The highest BCUT2D eigenvalue weighted by Gasteiger charge is 2.21. The van der Waals surface area contributed by atoms with Crippen molar-refractivity contribution >= 4 is 50.7 Å². The lowest BCUT2D eigenvalue weighted by Crippen LogP contribution is -2.25. The van der Waals surface area contributed by atoms with Crippen molar-refractivity contribution in [3.05, 3.63) is 59.7 Å². The van der Waals surface area contributed by atoms with Crippen LogP contribution >= 0.6 is 50.7 Å². The zero-order valence-electron chi connectivity index (χ0n) is 52.9. The fourth-order valence-electron chi connectivity index (χ4n) is 6.54. The van der Waals surface area contributed by atoms with Gasteiger partial charge in [0.25, 0.3) is 0 Å². The van der Waals surface area contributed by atoms with Gasteiger partial charge in [0, 0.05) is 50.9 Å². The highest BCUT2D eigenvalue weighted by atomic mass is 79.9. The summed E-state index contributed by atoms with van der Waals surface area (Å²) < 4.78 is 36.2. The molecule has 0 N–H and O–H groups in total. The molecule has 0 aliphatic heterocycles. The Morgan fingerprint density at radius 1 is 0.613 bits per heavy atom. The van der Waals surface area contributed by atoms with Gasteiger partial charge >= 0.3 is 0 Å². The maximum absolute atomic E-state index is 5.66. The summed E-state index contributed by atoms with van der Waals surface area (Å²) in [6.07, 6.45) is 16.9. The van der Waals surface area contributed by atoms with Crippen LogP contribution in [-0.2, 0) is 38.5 Å². The molecular weight excluding hydrogens is 1070 g/mol. The minimum absolute atomic E-state index is 0.0493. The van der Waals surface area contributed by atoms with E-state index in [2.05, 4.69) is 171 Å². The number of allylic oxidation sites excluding steroid dienone is 2. The normalized spacial score (nSPS) is 13.9. The van der Waals surface area contributed by atoms with E-state index in [1.165, 1.54) is 80.9 Å². The van der Waals surface area contributed by atoms with Gasteiger partial charge in [-0.1, -0.05) is 195 Å². The third kappa shape index (κ3) is 64.5. The zero-order chi connectivity index (χ0) is 58.8. The van der Waals surface area contributed by atoms with Crippen LogP contribution in [0.4, 0.5) is 0 Å². The maximum Gasteiger partial charge on any atom is 0.104 e. The van der Waals surface area contributed by atoms with Crippen molar-refractivity contribution in [3.8, 4) is 0 Å². The smallest absolute Gasteiger partial charge is 0.104 e. The third-order valence-electron chi connectivity index (χ3n) is 12.1. The second-order valence-corrected chi connectivity index (χ2v) is 25.8. The van der Waals surface area contributed by atoms with Crippen LogP contribution < -0.4 is 0 Å². The lowest BCUT2D eigenvalue weighted by Gasteiger charge is -2.28. The fourth-order valence-corrected chi connectivity index (χ4v) is 7.18. The number of rotatable bonds is 35. The van der Waals surface area contributed by atoms with Crippen molar-refractivity contribution in [3.63, 3.8) is 0 Å². The van der Waals surface area contributed by atoms with E-state index in [9.17, 15) is 0 Å². The molecule has 0 fully saturated rings. The van der Waals surface area contributed by atoms with Gasteiger partial charge in [-0.25, -0.2) is 0 Å². The van der Waals surface area contributed by atoms with Crippen LogP contribution in [0.5, 0.6) is 0 Å². The Balaban J connectivity index is -0.000000268. The minimum atomic E-state index is -0.0493. The van der Waals surface area contributed by atoms with Gasteiger partial charge in [-0.2, -0.15) is 0 Å². The van der Waals surface area contributed by atoms with Crippen LogP contribution in [0.1, 0.15) is 206 Å². The first kappa shape index (κ1) is 83.6. The third-order valence-corrected chi connectivity index (χ3v) is 14.4. The summed E-state index contributed by atoms with van der Waals surface area (Å²) in [4.78, 5) is 0. The van der Waals surface area contributed by atoms with E-state index in [0.717, 1.165) is 18.5 Å². The van der Waals surface area contributed by atoms with Gasteiger partial charge in [0.1, 0.15) is 6.10 Å². The van der Waals surface area contributed by atoms with Crippen LogP contribution in [0.3, 0.4) is 0 Å². The van der Waals surface area contributed by atoms with Gasteiger partial charge in [-0.15, -0.1) is 41.4 Å². The predicted octanol–water partition coefficient (Wildman–Crippen LogP) is 19.9. The summed E-state index contributed by atoms with van der Waals surface area (Å²) in [7, 11) is 4.99. The predicted molar refractivity (Wildman–Crippen MR) is 339 cm³/mol. The first-order chi connectivity index (χ1) is 35.1. The molecule has 0 heterocycles.